The summed E-state index contributed by atoms with van der Waals surface area (Å²) in [6.07, 6.45) is 3.76. The molecule has 21 heavy (non-hydrogen) atoms. The Hall–Kier alpha value is -1.84. The molecular weight excluding hydrogens is 264 g/mol. The summed E-state index contributed by atoms with van der Waals surface area (Å²) < 4.78 is 0. The maximum Gasteiger partial charge on any atom is 0.227 e. The lowest BCUT2D eigenvalue weighted by molar-refractivity contribution is -0.126. The zero-order valence-corrected chi connectivity index (χ0v) is 12.7. The molecule has 4 nitrogen and oxygen atoms in total. The highest BCUT2D eigenvalue weighted by Gasteiger charge is 2.35. The van der Waals surface area contributed by atoms with Gasteiger partial charge in [-0.15, -0.1) is 0 Å². The van der Waals surface area contributed by atoms with E-state index < -0.39 is 0 Å². The summed E-state index contributed by atoms with van der Waals surface area (Å²) in [6, 6.07) is 6.39. The summed E-state index contributed by atoms with van der Waals surface area (Å²) in [7, 11) is 0. The van der Waals surface area contributed by atoms with Gasteiger partial charge >= 0.3 is 0 Å². The van der Waals surface area contributed by atoms with Crippen LogP contribution in [0.25, 0.3) is 0 Å². The van der Waals surface area contributed by atoms with Gasteiger partial charge in [0.1, 0.15) is 0 Å². The zero-order valence-electron chi connectivity index (χ0n) is 12.7. The minimum Gasteiger partial charge on any atom is -0.354 e. The molecule has 1 atom stereocenters. The van der Waals surface area contributed by atoms with Crippen molar-refractivity contribution in [2.75, 3.05) is 11.4 Å². The van der Waals surface area contributed by atoms with Gasteiger partial charge in [0.2, 0.25) is 11.8 Å². The quantitative estimate of drug-likeness (QED) is 0.924. The minimum atomic E-state index is -0.229. The Balaban J connectivity index is 1.75. The van der Waals surface area contributed by atoms with Crippen molar-refractivity contribution < 1.29 is 9.59 Å². The molecule has 0 saturated carbocycles. The van der Waals surface area contributed by atoms with Crippen molar-refractivity contribution in [3.8, 4) is 0 Å². The summed E-state index contributed by atoms with van der Waals surface area (Å²) >= 11 is 0. The first-order valence-electron chi connectivity index (χ1n) is 7.77. The molecule has 1 aromatic rings. The van der Waals surface area contributed by atoms with Gasteiger partial charge in [0.15, 0.2) is 0 Å². The Kier molecular flexibility index (Phi) is 3.70. The van der Waals surface area contributed by atoms with Crippen LogP contribution in [0.4, 0.5) is 5.69 Å². The van der Waals surface area contributed by atoms with Crippen LogP contribution in [0.15, 0.2) is 18.2 Å². The maximum absolute atomic E-state index is 12.2. The number of carbonyl (C=O) groups is 2. The molecule has 4 heteroatoms. The molecule has 112 valence electrons. The third-order valence-electron chi connectivity index (χ3n) is 4.32. The lowest BCUT2D eigenvalue weighted by Gasteiger charge is -2.18. The molecule has 1 N–H and O–H groups in total. The normalized spacial score (nSPS) is 21.0. The molecule has 0 bridgehead atoms. The van der Waals surface area contributed by atoms with Crippen molar-refractivity contribution in [2.45, 2.75) is 45.6 Å². The number of amides is 2. The van der Waals surface area contributed by atoms with Gasteiger partial charge in [-0.3, -0.25) is 9.59 Å². The van der Waals surface area contributed by atoms with Crippen LogP contribution in [-0.2, 0) is 22.4 Å². The average Bonchev–Trinajstić information content (AvgIpc) is 3.03. The molecule has 0 radical (unpaired) electrons. The fraction of sp³-hybridized carbons (Fsp3) is 0.529. The van der Waals surface area contributed by atoms with Crippen LogP contribution in [0.2, 0.25) is 0 Å². The van der Waals surface area contributed by atoms with E-state index in [1.54, 1.807) is 4.90 Å². The van der Waals surface area contributed by atoms with Crippen molar-refractivity contribution >= 4 is 17.5 Å². The van der Waals surface area contributed by atoms with E-state index in [1.807, 2.05) is 19.9 Å². The largest absolute Gasteiger partial charge is 0.354 e. The van der Waals surface area contributed by atoms with E-state index in [-0.39, 0.29) is 23.8 Å². The lowest BCUT2D eigenvalue weighted by atomic mass is 10.1. The number of carbonyl (C=O) groups excluding carboxylic acids is 2. The number of anilines is 1. The topological polar surface area (TPSA) is 49.4 Å². The third kappa shape index (κ3) is 2.80. The van der Waals surface area contributed by atoms with E-state index in [9.17, 15) is 9.59 Å². The van der Waals surface area contributed by atoms with Crippen LogP contribution in [-0.4, -0.2) is 24.4 Å². The SMILES string of the molecule is CC(C)NC(=O)[C@@H]1CC(=O)N(c2ccc3c(c2)CCC3)C1. The second-order valence-corrected chi connectivity index (χ2v) is 6.38. The fourth-order valence-corrected chi connectivity index (χ4v) is 3.26. The van der Waals surface area contributed by atoms with E-state index in [2.05, 4.69) is 17.4 Å². The predicted molar refractivity (Wildman–Crippen MR) is 82.2 cm³/mol. The van der Waals surface area contributed by atoms with Crippen molar-refractivity contribution in [1.82, 2.24) is 5.32 Å². The summed E-state index contributed by atoms with van der Waals surface area (Å²) in [4.78, 5) is 26.1. The molecule has 1 heterocycles. The second-order valence-electron chi connectivity index (χ2n) is 6.38. The molecule has 1 aliphatic heterocycles. The number of nitrogens with zero attached hydrogens (tertiary/aromatic N) is 1. The Morgan fingerprint density at radius 1 is 1.29 bits per heavy atom. The first-order chi connectivity index (χ1) is 10.0. The third-order valence-corrected chi connectivity index (χ3v) is 4.32. The number of hydrogen-bond acceptors (Lipinski definition) is 2. The van der Waals surface area contributed by atoms with Crippen LogP contribution in [0.3, 0.4) is 0 Å². The molecule has 0 unspecified atom stereocenters. The molecule has 1 aromatic carbocycles. The second kappa shape index (κ2) is 5.51. The number of aryl methyl sites for hydroxylation is 2. The van der Waals surface area contributed by atoms with Gasteiger partial charge in [-0.05, 0) is 56.4 Å². The van der Waals surface area contributed by atoms with Crippen LogP contribution >= 0.6 is 0 Å². The summed E-state index contributed by atoms with van der Waals surface area (Å²) in [5.74, 6) is -0.188. The van der Waals surface area contributed by atoms with Gasteiger partial charge in [0.25, 0.3) is 0 Å². The number of rotatable bonds is 3. The van der Waals surface area contributed by atoms with E-state index in [0.29, 0.717) is 13.0 Å². The van der Waals surface area contributed by atoms with Gasteiger partial charge in [0.05, 0.1) is 5.92 Å². The smallest absolute Gasteiger partial charge is 0.227 e. The molecule has 3 rings (SSSR count). The van der Waals surface area contributed by atoms with Gasteiger partial charge in [-0.25, -0.2) is 0 Å². The van der Waals surface area contributed by atoms with E-state index in [0.717, 1.165) is 18.5 Å². The Bertz CT molecular complexity index is 580. The first kappa shape index (κ1) is 14.1. The van der Waals surface area contributed by atoms with Crippen molar-refractivity contribution in [3.05, 3.63) is 29.3 Å². The van der Waals surface area contributed by atoms with E-state index in [4.69, 9.17) is 0 Å². The van der Waals surface area contributed by atoms with Crippen LogP contribution < -0.4 is 10.2 Å². The summed E-state index contributed by atoms with van der Waals surface area (Å²) in [6.45, 7) is 4.37. The van der Waals surface area contributed by atoms with E-state index >= 15 is 0 Å². The lowest BCUT2D eigenvalue weighted by Crippen LogP contribution is -2.36. The highest BCUT2D eigenvalue weighted by Crippen LogP contribution is 2.30. The van der Waals surface area contributed by atoms with Crippen LogP contribution in [0.5, 0.6) is 0 Å². The summed E-state index contributed by atoms with van der Waals surface area (Å²) in [5, 5.41) is 2.90. The highest BCUT2D eigenvalue weighted by atomic mass is 16.2. The minimum absolute atomic E-state index is 0.0120. The summed E-state index contributed by atoms with van der Waals surface area (Å²) in [5.41, 5.74) is 3.70. The maximum atomic E-state index is 12.2. The Morgan fingerprint density at radius 2 is 2.05 bits per heavy atom. The Labute approximate surface area is 125 Å². The van der Waals surface area contributed by atoms with Gasteiger partial charge in [-0.2, -0.15) is 0 Å². The average molecular weight is 286 g/mol. The molecular formula is C17H22N2O2. The molecule has 1 fully saturated rings. The Morgan fingerprint density at radius 3 is 2.81 bits per heavy atom. The van der Waals surface area contributed by atoms with Crippen LogP contribution in [0, 0.1) is 5.92 Å². The predicted octanol–water partition coefficient (Wildman–Crippen LogP) is 2.05. The van der Waals surface area contributed by atoms with Crippen LogP contribution in [0.1, 0.15) is 37.8 Å². The van der Waals surface area contributed by atoms with Crippen molar-refractivity contribution in [2.24, 2.45) is 5.92 Å². The number of hydrogen-bond donors (Lipinski definition) is 1. The first-order valence-corrected chi connectivity index (χ1v) is 7.77. The van der Waals surface area contributed by atoms with Gasteiger partial charge in [-0.1, -0.05) is 6.07 Å². The molecule has 1 saturated heterocycles. The zero-order chi connectivity index (χ0) is 15.0. The molecule has 1 aliphatic carbocycles. The van der Waals surface area contributed by atoms with Gasteiger partial charge < -0.3 is 10.2 Å². The number of fused-ring (bicyclic) bond motifs is 1. The standard InChI is InChI=1S/C17H22N2O2/c1-11(2)18-17(21)14-9-16(20)19(10-14)15-7-6-12-4-3-5-13(12)8-15/h6-8,11,14H,3-5,9-10H2,1-2H3,(H,18,21)/t14-/m1/s1. The number of nitrogens with one attached hydrogen (secondary N) is 1. The monoisotopic (exact) mass is 286 g/mol. The molecule has 0 aromatic heterocycles. The molecule has 2 amide bonds. The number of benzene rings is 1. The molecule has 2 aliphatic rings. The van der Waals surface area contributed by atoms with Gasteiger partial charge in [0, 0.05) is 24.7 Å². The van der Waals surface area contributed by atoms with Crippen molar-refractivity contribution in [3.63, 3.8) is 0 Å². The fourth-order valence-electron chi connectivity index (χ4n) is 3.26. The van der Waals surface area contributed by atoms with E-state index in [1.165, 1.54) is 17.5 Å². The highest BCUT2D eigenvalue weighted by molar-refractivity contribution is 6.00. The molecule has 0 spiro atoms. The van der Waals surface area contributed by atoms with Crippen molar-refractivity contribution in [1.29, 1.82) is 0 Å².